The fraction of sp³-hybridized carbons (Fsp3) is 0.600. The van der Waals surface area contributed by atoms with Gasteiger partial charge in [0, 0.05) is 25.2 Å². The average Bonchev–Trinajstić information content (AvgIpc) is 2.48. The number of sulfonamides is 1. The van der Waals surface area contributed by atoms with Gasteiger partial charge in [0.25, 0.3) is 0 Å². The zero-order chi connectivity index (χ0) is 14.8. The van der Waals surface area contributed by atoms with Gasteiger partial charge >= 0.3 is 0 Å². The molecule has 0 spiro atoms. The maximum absolute atomic E-state index is 12.7. The van der Waals surface area contributed by atoms with Crippen LogP contribution < -0.4 is 0 Å². The van der Waals surface area contributed by atoms with Gasteiger partial charge < -0.3 is 0 Å². The molecule has 1 aliphatic rings. The molecule has 0 N–H and O–H groups in total. The van der Waals surface area contributed by atoms with Gasteiger partial charge in [0.05, 0.1) is 4.90 Å². The van der Waals surface area contributed by atoms with Gasteiger partial charge in [-0.1, -0.05) is 32.0 Å². The molecule has 1 aliphatic heterocycles. The van der Waals surface area contributed by atoms with Crippen LogP contribution in [-0.2, 0) is 10.0 Å². The minimum Gasteiger partial charge on any atom is -0.298 e. The fourth-order valence-electron chi connectivity index (χ4n) is 2.87. The van der Waals surface area contributed by atoms with Crippen LogP contribution >= 0.6 is 0 Å². The Labute approximate surface area is 122 Å². The van der Waals surface area contributed by atoms with Crippen molar-refractivity contribution in [3.8, 4) is 0 Å². The molecule has 0 aromatic heterocycles. The number of piperazine rings is 1. The van der Waals surface area contributed by atoms with Gasteiger partial charge in [0.2, 0.25) is 10.0 Å². The van der Waals surface area contributed by atoms with Gasteiger partial charge in [-0.15, -0.1) is 0 Å². The summed E-state index contributed by atoms with van der Waals surface area (Å²) in [5.74, 6) is 0. The Morgan fingerprint density at radius 2 is 1.55 bits per heavy atom. The summed E-state index contributed by atoms with van der Waals surface area (Å²) >= 11 is 0. The molecule has 1 aromatic carbocycles. The Bertz CT molecular complexity index is 516. The SMILES string of the molecule is CCC1CN(S(=O)(=O)c2ccccc2)CC(CC)N1C. The normalized spacial score (nSPS) is 25.8. The molecule has 1 saturated heterocycles. The molecular weight excluding hydrogens is 272 g/mol. The molecule has 0 bridgehead atoms. The number of likely N-dealkylation sites (N-methyl/N-ethyl adjacent to an activating group) is 1. The average molecular weight is 296 g/mol. The largest absolute Gasteiger partial charge is 0.298 e. The molecule has 1 fully saturated rings. The van der Waals surface area contributed by atoms with Gasteiger partial charge in [-0.05, 0) is 32.0 Å². The van der Waals surface area contributed by atoms with Crippen molar-refractivity contribution in [2.45, 2.75) is 43.7 Å². The van der Waals surface area contributed by atoms with E-state index < -0.39 is 10.0 Å². The van der Waals surface area contributed by atoms with Gasteiger partial charge in [-0.25, -0.2) is 8.42 Å². The Kier molecular flexibility index (Phi) is 4.83. The molecule has 1 heterocycles. The Morgan fingerprint density at radius 3 is 2.00 bits per heavy atom. The topological polar surface area (TPSA) is 40.6 Å². The van der Waals surface area contributed by atoms with Crippen molar-refractivity contribution < 1.29 is 8.42 Å². The standard InChI is InChI=1S/C15H24N2O2S/c1-4-13-11-17(12-14(5-2)16(13)3)20(18,19)15-9-7-6-8-10-15/h6-10,13-14H,4-5,11-12H2,1-3H3. The highest BCUT2D eigenvalue weighted by atomic mass is 32.2. The second kappa shape index (κ2) is 6.24. The van der Waals surface area contributed by atoms with Crippen LogP contribution in [0, 0.1) is 0 Å². The number of hydrogen-bond acceptors (Lipinski definition) is 3. The molecule has 2 rings (SSSR count). The van der Waals surface area contributed by atoms with Crippen molar-refractivity contribution in [1.29, 1.82) is 0 Å². The van der Waals surface area contributed by atoms with Crippen molar-refractivity contribution in [2.24, 2.45) is 0 Å². The summed E-state index contributed by atoms with van der Waals surface area (Å²) < 4.78 is 27.1. The molecule has 0 amide bonds. The second-order valence-corrected chi connectivity index (χ2v) is 7.36. The lowest BCUT2D eigenvalue weighted by Crippen LogP contribution is -2.57. The zero-order valence-electron chi connectivity index (χ0n) is 12.5. The lowest BCUT2D eigenvalue weighted by atomic mass is 10.1. The zero-order valence-corrected chi connectivity index (χ0v) is 13.3. The van der Waals surface area contributed by atoms with E-state index in [0.717, 1.165) is 12.8 Å². The first-order valence-electron chi connectivity index (χ1n) is 7.27. The van der Waals surface area contributed by atoms with E-state index in [4.69, 9.17) is 0 Å². The molecule has 4 nitrogen and oxygen atoms in total. The van der Waals surface area contributed by atoms with Crippen LogP contribution in [0.25, 0.3) is 0 Å². The highest BCUT2D eigenvalue weighted by molar-refractivity contribution is 7.89. The monoisotopic (exact) mass is 296 g/mol. The van der Waals surface area contributed by atoms with Crippen molar-refractivity contribution in [1.82, 2.24) is 9.21 Å². The van der Waals surface area contributed by atoms with Crippen LogP contribution in [0.1, 0.15) is 26.7 Å². The Balaban J connectivity index is 2.28. The van der Waals surface area contributed by atoms with Crippen molar-refractivity contribution in [3.05, 3.63) is 30.3 Å². The summed E-state index contributed by atoms with van der Waals surface area (Å²) in [5, 5.41) is 0. The second-order valence-electron chi connectivity index (χ2n) is 5.42. The molecular formula is C15H24N2O2S. The Hall–Kier alpha value is -0.910. The predicted molar refractivity (Wildman–Crippen MR) is 81.1 cm³/mol. The molecule has 0 saturated carbocycles. The van der Waals surface area contributed by atoms with E-state index in [1.807, 2.05) is 6.07 Å². The number of rotatable bonds is 4. The number of hydrogen-bond donors (Lipinski definition) is 0. The first-order chi connectivity index (χ1) is 9.50. The van der Waals surface area contributed by atoms with E-state index >= 15 is 0 Å². The molecule has 0 radical (unpaired) electrons. The molecule has 2 unspecified atom stereocenters. The quantitative estimate of drug-likeness (QED) is 0.855. The van der Waals surface area contributed by atoms with Gasteiger partial charge in [-0.2, -0.15) is 4.31 Å². The van der Waals surface area contributed by atoms with Gasteiger partial charge in [0.1, 0.15) is 0 Å². The lowest BCUT2D eigenvalue weighted by Gasteiger charge is -2.44. The molecule has 5 heteroatoms. The van der Waals surface area contributed by atoms with Gasteiger partial charge in [-0.3, -0.25) is 4.90 Å². The third-order valence-corrected chi connectivity index (χ3v) is 6.15. The summed E-state index contributed by atoms with van der Waals surface area (Å²) in [5.41, 5.74) is 0. The fourth-order valence-corrected chi connectivity index (χ4v) is 4.41. The third-order valence-electron chi connectivity index (χ3n) is 4.30. The summed E-state index contributed by atoms with van der Waals surface area (Å²) in [7, 11) is -1.26. The minimum atomic E-state index is -3.36. The van der Waals surface area contributed by atoms with Crippen molar-refractivity contribution in [3.63, 3.8) is 0 Å². The summed E-state index contributed by atoms with van der Waals surface area (Å²) in [6.07, 6.45) is 1.93. The summed E-state index contributed by atoms with van der Waals surface area (Å²) in [6, 6.07) is 9.34. The molecule has 1 aromatic rings. The van der Waals surface area contributed by atoms with Crippen molar-refractivity contribution in [2.75, 3.05) is 20.1 Å². The third kappa shape index (κ3) is 2.90. The van der Waals surface area contributed by atoms with E-state index in [9.17, 15) is 8.42 Å². The van der Waals surface area contributed by atoms with Gasteiger partial charge in [0.15, 0.2) is 0 Å². The molecule has 0 aliphatic carbocycles. The highest BCUT2D eigenvalue weighted by Crippen LogP contribution is 2.24. The van der Waals surface area contributed by atoms with E-state index in [0.29, 0.717) is 30.1 Å². The van der Waals surface area contributed by atoms with Crippen LogP contribution in [0.4, 0.5) is 0 Å². The molecule has 112 valence electrons. The maximum Gasteiger partial charge on any atom is 0.243 e. The van der Waals surface area contributed by atoms with Crippen LogP contribution in [0.2, 0.25) is 0 Å². The number of nitrogens with zero attached hydrogens (tertiary/aromatic N) is 2. The minimum absolute atomic E-state index is 0.298. The van der Waals surface area contributed by atoms with Crippen LogP contribution in [0.5, 0.6) is 0 Å². The molecule has 2 atom stereocenters. The maximum atomic E-state index is 12.7. The highest BCUT2D eigenvalue weighted by Gasteiger charge is 2.36. The van der Waals surface area contributed by atoms with E-state index in [2.05, 4.69) is 25.8 Å². The van der Waals surface area contributed by atoms with Crippen LogP contribution in [0.3, 0.4) is 0 Å². The van der Waals surface area contributed by atoms with E-state index in [-0.39, 0.29) is 0 Å². The molecule has 20 heavy (non-hydrogen) atoms. The first kappa shape index (κ1) is 15.5. The predicted octanol–water partition coefficient (Wildman–Crippen LogP) is 2.18. The number of benzene rings is 1. The van der Waals surface area contributed by atoms with E-state index in [1.54, 1.807) is 28.6 Å². The summed E-state index contributed by atoms with van der Waals surface area (Å²) in [4.78, 5) is 2.73. The van der Waals surface area contributed by atoms with Crippen molar-refractivity contribution >= 4 is 10.0 Å². The smallest absolute Gasteiger partial charge is 0.243 e. The first-order valence-corrected chi connectivity index (χ1v) is 8.71. The lowest BCUT2D eigenvalue weighted by molar-refractivity contribution is 0.0801. The van der Waals surface area contributed by atoms with E-state index in [1.165, 1.54) is 0 Å². The Morgan fingerprint density at radius 1 is 1.05 bits per heavy atom. The van der Waals surface area contributed by atoms with Crippen LogP contribution in [0.15, 0.2) is 35.2 Å². The summed E-state index contributed by atoms with van der Waals surface area (Å²) in [6.45, 7) is 5.40. The van der Waals surface area contributed by atoms with Crippen LogP contribution in [-0.4, -0.2) is 49.8 Å².